The highest BCUT2D eigenvalue weighted by Gasteiger charge is 2.29. The highest BCUT2D eigenvalue weighted by molar-refractivity contribution is 6.15. The maximum atomic E-state index is 13.3. The third-order valence-corrected chi connectivity index (χ3v) is 8.30. The summed E-state index contributed by atoms with van der Waals surface area (Å²) in [6.45, 7) is 6.36. The molecule has 1 fully saturated rings. The monoisotopic (exact) mass is 755 g/mol. The van der Waals surface area contributed by atoms with Crippen LogP contribution in [0, 0.1) is 20.2 Å². The minimum absolute atomic E-state index is 0.0615. The molecular weight excluding hydrogens is 706 g/mol. The number of ether oxygens (including phenoxy) is 1. The number of alkyl carbamates (subject to hydrolysis) is 1. The van der Waals surface area contributed by atoms with Crippen LogP contribution in [0.2, 0.25) is 0 Å². The van der Waals surface area contributed by atoms with E-state index in [1.807, 2.05) is 51.1 Å². The number of Topliss-reactive ketones (excluding diaryl/α,β-unsaturated/α-hetero) is 1. The molecule has 0 bridgehead atoms. The Labute approximate surface area is 320 Å². The normalized spacial score (nSPS) is 14.1. The van der Waals surface area contributed by atoms with Crippen LogP contribution >= 0.6 is 0 Å². The number of carbonyl (C=O) groups excluding carboxylic acids is 4. The lowest BCUT2D eigenvalue weighted by molar-refractivity contribution is -0.385. The summed E-state index contributed by atoms with van der Waals surface area (Å²) in [5, 5.41) is 27.2. The average Bonchev–Trinajstić information content (AvgIpc) is 3.15. The van der Waals surface area contributed by atoms with Gasteiger partial charge >= 0.3 is 6.09 Å². The van der Waals surface area contributed by atoms with Gasteiger partial charge in [-0.3, -0.25) is 34.6 Å². The van der Waals surface area contributed by atoms with Crippen LogP contribution < -0.4 is 10.6 Å². The fourth-order valence-corrected chi connectivity index (χ4v) is 5.45. The molecule has 3 amide bonds. The molecule has 1 saturated heterocycles. The Morgan fingerprint density at radius 2 is 1.27 bits per heavy atom. The quantitative estimate of drug-likeness (QED) is 0.0740. The summed E-state index contributed by atoms with van der Waals surface area (Å²) < 4.78 is 5.11. The lowest BCUT2D eigenvalue weighted by Gasteiger charge is -2.30. The number of nitro groups is 2. The molecule has 14 heteroatoms. The standard InChI is InChI=1S/C28H23N3O6.C13H26N2O3/c32-27(15-10-20-4-2-1-3-5-20)29-18-23(16-21-6-11-25(12-7-21)30(34)35)28(33)24(19-29)17-22-8-13-26(14-9-22)31(36)37;1-13(2,3)18-12(17)15-10-8-6-5-7-9-11(16)14-4/h1-9,11-14,16-17H,10,15,18-19H2;5-10H2,1-4H3,(H,14,16)(H,15,17)/b23-16+,24-17+;. The number of carbonyl (C=O) groups is 4. The molecule has 0 unspecified atom stereocenters. The van der Waals surface area contributed by atoms with Crippen molar-refractivity contribution in [2.75, 3.05) is 26.7 Å². The van der Waals surface area contributed by atoms with Crippen LogP contribution in [0.15, 0.2) is 90.0 Å². The predicted octanol–water partition coefficient (Wildman–Crippen LogP) is 7.22. The Hall–Kier alpha value is -6.18. The van der Waals surface area contributed by atoms with Crippen molar-refractivity contribution in [3.63, 3.8) is 0 Å². The van der Waals surface area contributed by atoms with Crippen LogP contribution in [0.1, 0.15) is 76.0 Å². The van der Waals surface area contributed by atoms with E-state index in [0.29, 0.717) is 41.7 Å². The molecule has 0 atom stereocenters. The van der Waals surface area contributed by atoms with Gasteiger partial charge in [0.25, 0.3) is 11.4 Å². The summed E-state index contributed by atoms with van der Waals surface area (Å²) in [6, 6.07) is 21.3. The number of aryl methyl sites for hydroxylation is 1. The zero-order valence-corrected chi connectivity index (χ0v) is 31.7. The summed E-state index contributed by atoms with van der Waals surface area (Å²) in [7, 11) is 1.65. The SMILES string of the molecule is CNC(=O)CCCCCCNC(=O)OC(C)(C)C.O=C1/C(=C/c2ccc([N+](=O)[O-])cc2)CN(C(=O)CCc2ccccc2)C/C1=C\c1ccc([N+](=O)[O-])cc1. The summed E-state index contributed by atoms with van der Waals surface area (Å²) >= 11 is 0. The second kappa shape index (κ2) is 21.5. The zero-order valence-electron chi connectivity index (χ0n) is 31.7. The van der Waals surface area contributed by atoms with Crippen molar-refractivity contribution in [2.24, 2.45) is 0 Å². The van der Waals surface area contributed by atoms with Gasteiger partial charge in [0.2, 0.25) is 11.8 Å². The van der Waals surface area contributed by atoms with E-state index >= 15 is 0 Å². The molecular formula is C41H49N5O9. The Bertz CT molecular complexity index is 1770. The van der Waals surface area contributed by atoms with Gasteiger partial charge in [0.05, 0.1) is 9.85 Å². The van der Waals surface area contributed by atoms with Crippen LogP contribution in [0.3, 0.4) is 0 Å². The van der Waals surface area contributed by atoms with Gasteiger partial charge < -0.3 is 20.3 Å². The Kier molecular flexibility index (Phi) is 16.9. The third-order valence-electron chi connectivity index (χ3n) is 8.30. The van der Waals surface area contributed by atoms with E-state index in [9.17, 15) is 39.4 Å². The van der Waals surface area contributed by atoms with Crippen LogP contribution in [-0.2, 0) is 25.5 Å². The fourth-order valence-electron chi connectivity index (χ4n) is 5.45. The summed E-state index contributed by atoms with van der Waals surface area (Å²) in [5.41, 5.74) is 2.42. The van der Waals surface area contributed by atoms with E-state index in [2.05, 4.69) is 10.6 Å². The van der Waals surface area contributed by atoms with Crippen molar-refractivity contribution in [3.8, 4) is 0 Å². The zero-order chi connectivity index (χ0) is 40.4. The fraction of sp³-hybridized carbons (Fsp3) is 0.366. The number of hydrogen-bond donors (Lipinski definition) is 2. The maximum absolute atomic E-state index is 13.3. The molecule has 14 nitrogen and oxygen atoms in total. The van der Waals surface area contributed by atoms with E-state index in [4.69, 9.17) is 4.74 Å². The van der Waals surface area contributed by atoms with Gasteiger partial charge in [-0.25, -0.2) is 4.79 Å². The molecule has 292 valence electrons. The van der Waals surface area contributed by atoms with Crippen LogP contribution in [-0.4, -0.2) is 70.7 Å². The lowest BCUT2D eigenvalue weighted by Crippen LogP contribution is -2.41. The predicted molar refractivity (Wildman–Crippen MR) is 210 cm³/mol. The second-order valence-electron chi connectivity index (χ2n) is 13.9. The number of nitrogens with zero attached hydrogens (tertiary/aromatic N) is 3. The molecule has 1 aliphatic rings. The van der Waals surface area contributed by atoms with Crippen molar-refractivity contribution in [1.82, 2.24) is 15.5 Å². The van der Waals surface area contributed by atoms with E-state index in [0.717, 1.165) is 31.2 Å². The largest absolute Gasteiger partial charge is 0.444 e. The van der Waals surface area contributed by atoms with Crippen molar-refractivity contribution in [3.05, 3.63) is 127 Å². The Morgan fingerprint density at radius 3 is 1.75 bits per heavy atom. The molecule has 1 heterocycles. The number of amides is 3. The minimum atomic E-state index is -0.499. The molecule has 3 aromatic rings. The van der Waals surface area contributed by atoms with Gasteiger partial charge in [0, 0.05) is 74.9 Å². The number of ketones is 1. The molecule has 0 spiro atoms. The average molecular weight is 756 g/mol. The van der Waals surface area contributed by atoms with Crippen LogP contribution in [0.5, 0.6) is 0 Å². The molecule has 0 aliphatic carbocycles. The first-order valence-corrected chi connectivity index (χ1v) is 18.1. The van der Waals surface area contributed by atoms with Gasteiger partial charge in [-0.2, -0.15) is 0 Å². The first-order chi connectivity index (χ1) is 26.1. The summed E-state index contributed by atoms with van der Waals surface area (Å²) in [5.74, 6) is -0.272. The van der Waals surface area contributed by atoms with Gasteiger partial charge in [-0.1, -0.05) is 43.2 Å². The third kappa shape index (κ3) is 15.8. The molecule has 3 aromatic carbocycles. The molecule has 4 rings (SSSR count). The van der Waals surface area contributed by atoms with Gasteiger partial charge in [0.1, 0.15) is 5.60 Å². The number of nitrogens with one attached hydrogen (secondary N) is 2. The summed E-state index contributed by atoms with van der Waals surface area (Å²) in [4.78, 5) is 71.2. The van der Waals surface area contributed by atoms with Gasteiger partial charge in [-0.15, -0.1) is 0 Å². The van der Waals surface area contributed by atoms with Crippen molar-refractivity contribution >= 4 is 47.2 Å². The maximum Gasteiger partial charge on any atom is 0.407 e. The molecule has 0 radical (unpaired) electrons. The van der Waals surface area contributed by atoms with E-state index in [1.165, 1.54) is 24.3 Å². The molecule has 2 N–H and O–H groups in total. The molecule has 0 saturated carbocycles. The first kappa shape index (κ1) is 43.2. The van der Waals surface area contributed by atoms with E-state index < -0.39 is 15.4 Å². The number of piperidine rings is 1. The van der Waals surface area contributed by atoms with Gasteiger partial charge in [0.15, 0.2) is 5.78 Å². The minimum Gasteiger partial charge on any atom is -0.444 e. The second-order valence-corrected chi connectivity index (χ2v) is 13.9. The molecule has 55 heavy (non-hydrogen) atoms. The van der Waals surface area contributed by atoms with E-state index in [-0.39, 0.29) is 54.6 Å². The van der Waals surface area contributed by atoms with Crippen LogP contribution in [0.4, 0.5) is 16.2 Å². The Morgan fingerprint density at radius 1 is 0.764 bits per heavy atom. The number of nitro benzene ring substituents is 2. The van der Waals surface area contributed by atoms with Crippen molar-refractivity contribution in [1.29, 1.82) is 0 Å². The number of rotatable bonds is 14. The number of likely N-dealkylation sites (tertiary alicyclic amines) is 1. The van der Waals surface area contributed by atoms with Crippen molar-refractivity contribution in [2.45, 2.75) is 71.3 Å². The van der Waals surface area contributed by atoms with Crippen molar-refractivity contribution < 1.29 is 33.8 Å². The topological polar surface area (TPSA) is 191 Å². The number of unbranched alkanes of at least 4 members (excludes halogenated alkanes) is 3. The van der Waals surface area contributed by atoms with Crippen LogP contribution in [0.25, 0.3) is 12.2 Å². The smallest absolute Gasteiger partial charge is 0.407 e. The van der Waals surface area contributed by atoms with Gasteiger partial charge in [-0.05, 0) is 93.1 Å². The molecule has 1 aliphatic heterocycles. The number of benzene rings is 3. The number of non-ortho nitro benzene ring substituents is 2. The lowest BCUT2D eigenvalue weighted by atomic mass is 9.93. The highest BCUT2D eigenvalue weighted by atomic mass is 16.6. The molecule has 0 aromatic heterocycles. The van der Waals surface area contributed by atoms with E-state index in [1.54, 1.807) is 48.4 Å². The summed E-state index contributed by atoms with van der Waals surface area (Å²) in [6.07, 6.45) is 8.12. The first-order valence-electron chi connectivity index (χ1n) is 18.1. The number of hydrogen-bond acceptors (Lipinski definition) is 9. The highest BCUT2D eigenvalue weighted by Crippen LogP contribution is 2.25. The Balaban J connectivity index is 0.000000382.